The Morgan fingerprint density at radius 2 is 2.04 bits per heavy atom. The van der Waals surface area contributed by atoms with Crippen molar-refractivity contribution in [1.29, 1.82) is 0 Å². The van der Waals surface area contributed by atoms with Crippen LogP contribution in [0.5, 0.6) is 0 Å². The molecule has 0 bridgehead atoms. The monoisotopic (exact) mass is 328 g/mol. The maximum Gasteiger partial charge on any atom is 0.410 e. The highest BCUT2D eigenvalue weighted by molar-refractivity contribution is 5.71. The van der Waals surface area contributed by atoms with Crippen molar-refractivity contribution in [2.75, 3.05) is 6.54 Å². The van der Waals surface area contributed by atoms with Gasteiger partial charge in [-0.3, -0.25) is 4.98 Å². The number of aryl methyl sites for hydroxylation is 2. The fourth-order valence-electron chi connectivity index (χ4n) is 3.74. The first kappa shape index (κ1) is 17.0. The number of likely N-dealkylation sites (tertiary alicyclic amines) is 1. The molecule has 0 aromatic carbocycles. The molecule has 4 heteroatoms. The van der Waals surface area contributed by atoms with Crippen LogP contribution in [-0.2, 0) is 11.2 Å². The van der Waals surface area contributed by atoms with Crippen LogP contribution in [0.25, 0.3) is 6.08 Å². The molecular weight excluding hydrogens is 300 g/mol. The summed E-state index contributed by atoms with van der Waals surface area (Å²) in [4.78, 5) is 19.2. The molecule has 2 heterocycles. The van der Waals surface area contributed by atoms with Crippen LogP contribution in [0.2, 0.25) is 0 Å². The Morgan fingerprint density at radius 3 is 2.75 bits per heavy atom. The molecule has 1 aliphatic carbocycles. The van der Waals surface area contributed by atoms with E-state index in [1.165, 1.54) is 16.7 Å². The molecule has 0 spiro atoms. The molecule has 0 saturated carbocycles. The molecular formula is C20H28N2O2. The summed E-state index contributed by atoms with van der Waals surface area (Å²) in [5.41, 5.74) is 5.58. The van der Waals surface area contributed by atoms with E-state index in [1.807, 2.05) is 32.6 Å². The van der Waals surface area contributed by atoms with Gasteiger partial charge >= 0.3 is 6.09 Å². The second-order valence-electron chi connectivity index (χ2n) is 8.03. The van der Waals surface area contributed by atoms with Gasteiger partial charge in [-0.2, -0.15) is 0 Å². The van der Waals surface area contributed by atoms with Gasteiger partial charge in [0.05, 0.1) is 11.7 Å². The van der Waals surface area contributed by atoms with Crippen molar-refractivity contribution in [3.63, 3.8) is 0 Å². The van der Waals surface area contributed by atoms with E-state index in [4.69, 9.17) is 4.74 Å². The van der Waals surface area contributed by atoms with E-state index in [0.717, 1.165) is 43.6 Å². The fraction of sp³-hybridized carbons (Fsp3) is 0.600. The van der Waals surface area contributed by atoms with Crippen molar-refractivity contribution in [2.45, 2.75) is 71.9 Å². The molecule has 0 radical (unpaired) electrons. The van der Waals surface area contributed by atoms with Crippen molar-refractivity contribution in [2.24, 2.45) is 0 Å². The molecule has 1 amide bonds. The normalized spacial score (nSPS) is 20.6. The van der Waals surface area contributed by atoms with Gasteiger partial charge in [0.25, 0.3) is 0 Å². The molecule has 1 saturated heterocycles. The molecule has 24 heavy (non-hydrogen) atoms. The van der Waals surface area contributed by atoms with E-state index in [1.54, 1.807) is 0 Å². The molecule has 0 N–H and O–H groups in total. The third-order valence-corrected chi connectivity index (χ3v) is 4.77. The average Bonchev–Trinajstić information content (AvgIpc) is 2.89. The number of carbonyl (C=O) groups is 1. The summed E-state index contributed by atoms with van der Waals surface area (Å²) in [6, 6.07) is 2.28. The minimum Gasteiger partial charge on any atom is -0.444 e. The number of ether oxygens (including phenoxy) is 1. The number of hydrogen-bond acceptors (Lipinski definition) is 3. The Bertz CT molecular complexity index is 686. The standard InChI is InChI=1S/C20H28N2O2/c1-13-10-14(2)21-17-12-15(11-16(13)17)18-8-6-7-9-22(18)19(23)24-20(3,4)5/h10,12,18H,6-9,11H2,1-5H3/t18-/m0/s1. The highest BCUT2D eigenvalue weighted by atomic mass is 16.6. The van der Waals surface area contributed by atoms with Crippen molar-refractivity contribution in [3.05, 3.63) is 34.2 Å². The summed E-state index contributed by atoms with van der Waals surface area (Å²) in [6.45, 7) is 10.7. The van der Waals surface area contributed by atoms with Gasteiger partial charge in [-0.15, -0.1) is 0 Å². The Labute approximate surface area is 144 Å². The van der Waals surface area contributed by atoms with Gasteiger partial charge in [-0.25, -0.2) is 4.79 Å². The first-order valence-electron chi connectivity index (χ1n) is 8.92. The number of piperidine rings is 1. The number of carbonyl (C=O) groups excluding carboxylic acids is 1. The zero-order valence-electron chi connectivity index (χ0n) is 15.5. The highest BCUT2D eigenvalue weighted by Gasteiger charge is 2.34. The van der Waals surface area contributed by atoms with Crippen LogP contribution in [0, 0.1) is 13.8 Å². The SMILES string of the molecule is Cc1cc(C)c2c(n1)C=C([C@@H]1CCCCN1C(=O)OC(C)(C)C)C2. The topological polar surface area (TPSA) is 42.4 Å². The molecule has 3 rings (SSSR count). The third-order valence-electron chi connectivity index (χ3n) is 4.77. The summed E-state index contributed by atoms with van der Waals surface area (Å²) in [7, 11) is 0. The van der Waals surface area contributed by atoms with Gasteiger partial charge in [0.1, 0.15) is 5.60 Å². The lowest BCUT2D eigenvalue weighted by molar-refractivity contribution is 0.0137. The maximum absolute atomic E-state index is 12.6. The predicted octanol–water partition coefficient (Wildman–Crippen LogP) is 4.43. The molecule has 1 aromatic heterocycles. The number of fused-ring (bicyclic) bond motifs is 1. The molecule has 1 atom stereocenters. The minimum atomic E-state index is -0.457. The van der Waals surface area contributed by atoms with E-state index in [9.17, 15) is 4.79 Å². The van der Waals surface area contributed by atoms with E-state index in [-0.39, 0.29) is 12.1 Å². The van der Waals surface area contributed by atoms with Crippen molar-refractivity contribution < 1.29 is 9.53 Å². The van der Waals surface area contributed by atoms with E-state index >= 15 is 0 Å². The number of amides is 1. The lowest BCUT2D eigenvalue weighted by Gasteiger charge is -2.37. The average molecular weight is 328 g/mol. The van der Waals surface area contributed by atoms with Crippen LogP contribution in [0.3, 0.4) is 0 Å². The summed E-state index contributed by atoms with van der Waals surface area (Å²) in [5.74, 6) is 0. The van der Waals surface area contributed by atoms with Crippen LogP contribution < -0.4 is 0 Å². The zero-order valence-corrected chi connectivity index (χ0v) is 15.5. The van der Waals surface area contributed by atoms with Crippen LogP contribution in [0.1, 0.15) is 62.5 Å². The number of aromatic nitrogens is 1. The van der Waals surface area contributed by atoms with Gasteiger partial charge in [0, 0.05) is 12.2 Å². The highest BCUT2D eigenvalue weighted by Crippen LogP contribution is 2.34. The summed E-state index contributed by atoms with van der Waals surface area (Å²) in [6.07, 6.45) is 6.12. The van der Waals surface area contributed by atoms with Crippen molar-refractivity contribution >= 4 is 12.2 Å². The van der Waals surface area contributed by atoms with Crippen LogP contribution >= 0.6 is 0 Å². The van der Waals surface area contributed by atoms with Crippen LogP contribution in [0.15, 0.2) is 11.6 Å². The molecule has 0 unspecified atom stereocenters. The number of nitrogens with zero attached hydrogens (tertiary/aromatic N) is 2. The van der Waals surface area contributed by atoms with E-state index in [0.29, 0.717) is 0 Å². The first-order chi connectivity index (χ1) is 11.2. The summed E-state index contributed by atoms with van der Waals surface area (Å²) in [5, 5.41) is 0. The summed E-state index contributed by atoms with van der Waals surface area (Å²) < 4.78 is 5.63. The van der Waals surface area contributed by atoms with E-state index < -0.39 is 5.60 Å². The van der Waals surface area contributed by atoms with Crippen molar-refractivity contribution in [1.82, 2.24) is 9.88 Å². The fourth-order valence-corrected chi connectivity index (χ4v) is 3.74. The predicted molar refractivity (Wildman–Crippen MR) is 96.0 cm³/mol. The molecule has 1 aromatic rings. The quantitative estimate of drug-likeness (QED) is 0.766. The lowest BCUT2D eigenvalue weighted by Crippen LogP contribution is -2.47. The van der Waals surface area contributed by atoms with Gasteiger partial charge in [-0.1, -0.05) is 0 Å². The first-order valence-corrected chi connectivity index (χ1v) is 8.92. The Hall–Kier alpha value is -1.84. The molecule has 1 aliphatic heterocycles. The number of pyridine rings is 1. The lowest BCUT2D eigenvalue weighted by atomic mass is 9.93. The molecule has 130 valence electrons. The molecule has 4 nitrogen and oxygen atoms in total. The second kappa shape index (κ2) is 6.23. The van der Waals surface area contributed by atoms with Gasteiger partial charge in [-0.05, 0) is 89.1 Å². The van der Waals surface area contributed by atoms with Gasteiger partial charge < -0.3 is 9.64 Å². The Morgan fingerprint density at radius 1 is 1.29 bits per heavy atom. The Kier molecular flexibility index (Phi) is 4.41. The van der Waals surface area contributed by atoms with Gasteiger partial charge in [0.2, 0.25) is 0 Å². The van der Waals surface area contributed by atoms with Gasteiger partial charge in [0.15, 0.2) is 0 Å². The molecule has 1 fully saturated rings. The minimum absolute atomic E-state index is 0.141. The molecule has 2 aliphatic rings. The number of hydrogen-bond donors (Lipinski definition) is 0. The third kappa shape index (κ3) is 3.47. The van der Waals surface area contributed by atoms with Crippen LogP contribution in [-0.4, -0.2) is 34.2 Å². The smallest absolute Gasteiger partial charge is 0.410 e. The van der Waals surface area contributed by atoms with E-state index in [2.05, 4.69) is 24.1 Å². The Balaban J connectivity index is 1.83. The maximum atomic E-state index is 12.6. The number of rotatable bonds is 1. The van der Waals surface area contributed by atoms with Crippen LogP contribution in [0.4, 0.5) is 4.79 Å². The largest absolute Gasteiger partial charge is 0.444 e. The second-order valence-corrected chi connectivity index (χ2v) is 8.03. The van der Waals surface area contributed by atoms with Crippen molar-refractivity contribution in [3.8, 4) is 0 Å². The zero-order chi connectivity index (χ0) is 17.5. The summed E-state index contributed by atoms with van der Waals surface area (Å²) >= 11 is 0.